The summed E-state index contributed by atoms with van der Waals surface area (Å²) in [6.45, 7) is 5.46. The number of carbonyl (C=O) groups excluding carboxylic acids is 1. The van der Waals surface area contributed by atoms with Crippen LogP contribution in [0.2, 0.25) is 5.02 Å². The number of benzene rings is 1. The zero-order valence-electron chi connectivity index (χ0n) is 18.0. The average Bonchev–Trinajstić information content (AvgIpc) is 3.38. The van der Waals surface area contributed by atoms with Crippen molar-refractivity contribution in [1.29, 1.82) is 0 Å². The third-order valence-electron chi connectivity index (χ3n) is 5.11. The lowest BCUT2D eigenvalue weighted by Crippen LogP contribution is -2.13. The third-order valence-corrected chi connectivity index (χ3v) is 6.73. The minimum absolute atomic E-state index is 0.101. The van der Waals surface area contributed by atoms with Crippen molar-refractivity contribution in [3.05, 3.63) is 56.8 Å². The fourth-order valence-corrected chi connectivity index (χ4v) is 4.47. The van der Waals surface area contributed by atoms with Crippen LogP contribution in [0.15, 0.2) is 24.3 Å². The molecule has 1 amide bonds. The molecule has 0 saturated carbocycles. The van der Waals surface area contributed by atoms with E-state index in [1.807, 2.05) is 13.0 Å². The number of alkyl halides is 3. The topological polar surface area (TPSA) is 74.0 Å². The van der Waals surface area contributed by atoms with Crippen LogP contribution in [0.1, 0.15) is 32.3 Å². The first-order valence-electron chi connectivity index (χ1n) is 9.73. The summed E-state index contributed by atoms with van der Waals surface area (Å²) in [6, 6.07) is 6.51. The summed E-state index contributed by atoms with van der Waals surface area (Å²) in [5.41, 5.74) is 1.54. The van der Waals surface area contributed by atoms with Crippen molar-refractivity contribution in [3.63, 3.8) is 0 Å². The van der Waals surface area contributed by atoms with Crippen LogP contribution in [-0.4, -0.2) is 25.5 Å². The Kier molecular flexibility index (Phi) is 5.87. The lowest BCUT2D eigenvalue weighted by atomic mass is 10.2. The number of thiophene rings is 1. The van der Waals surface area contributed by atoms with Gasteiger partial charge in [0.25, 0.3) is 5.91 Å². The van der Waals surface area contributed by atoms with Gasteiger partial charge in [0.2, 0.25) is 0 Å². The van der Waals surface area contributed by atoms with Crippen molar-refractivity contribution in [1.82, 2.24) is 19.6 Å². The van der Waals surface area contributed by atoms with Gasteiger partial charge in [-0.05, 0) is 50.6 Å². The quantitative estimate of drug-likeness (QED) is 0.383. The molecule has 4 rings (SSSR count). The number of aryl methyl sites for hydroxylation is 3. The molecule has 4 aromatic rings. The molecule has 0 fully saturated rings. The van der Waals surface area contributed by atoms with Crippen LogP contribution in [0.4, 0.5) is 18.9 Å². The number of nitrogens with one attached hydrogen (secondary N) is 1. The Morgan fingerprint density at radius 1 is 1.21 bits per heavy atom. The summed E-state index contributed by atoms with van der Waals surface area (Å²) >= 11 is 6.97. The minimum Gasteiger partial charge on any atom is -0.471 e. The second-order valence-corrected chi connectivity index (χ2v) is 8.92. The summed E-state index contributed by atoms with van der Waals surface area (Å²) in [7, 11) is 1.41. The fraction of sp³-hybridized carbons (Fsp3) is 0.286. The van der Waals surface area contributed by atoms with Gasteiger partial charge in [-0.25, -0.2) is 4.68 Å². The van der Waals surface area contributed by atoms with Crippen molar-refractivity contribution in [2.24, 2.45) is 7.05 Å². The van der Waals surface area contributed by atoms with Gasteiger partial charge < -0.3 is 10.1 Å². The maximum Gasteiger partial charge on any atom is 0.435 e. The van der Waals surface area contributed by atoms with E-state index in [1.165, 1.54) is 13.1 Å². The van der Waals surface area contributed by atoms with Crippen LogP contribution in [0.25, 0.3) is 10.2 Å². The van der Waals surface area contributed by atoms with Gasteiger partial charge in [-0.15, -0.1) is 11.3 Å². The van der Waals surface area contributed by atoms with Gasteiger partial charge in [0.1, 0.15) is 10.6 Å². The molecule has 1 aromatic carbocycles. The number of rotatable bonds is 5. The monoisotopic (exact) mass is 497 g/mol. The summed E-state index contributed by atoms with van der Waals surface area (Å²) in [4.78, 5) is 13.2. The molecule has 3 heterocycles. The number of anilines is 1. The van der Waals surface area contributed by atoms with Gasteiger partial charge in [0.15, 0.2) is 12.4 Å². The molecule has 0 aliphatic heterocycles. The summed E-state index contributed by atoms with van der Waals surface area (Å²) in [5.74, 6) is 0.0960. The molecule has 0 bridgehead atoms. The summed E-state index contributed by atoms with van der Waals surface area (Å²) < 4.78 is 48.2. The zero-order valence-corrected chi connectivity index (χ0v) is 19.6. The van der Waals surface area contributed by atoms with Crippen LogP contribution in [-0.2, 0) is 20.0 Å². The van der Waals surface area contributed by atoms with Gasteiger partial charge in [-0.1, -0.05) is 11.6 Å². The number of aromatic nitrogens is 4. The second-order valence-electron chi connectivity index (χ2n) is 7.48. The molecule has 7 nitrogen and oxygen atoms in total. The van der Waals surface area contributed by atoms with E-state index in [1.54, 1.807) is 30.7 Å². The highest BCUT2D eigenvalue weighted by Gasteiger charge is 2.37. The van der Waals surface area contributed by atoms with Crippen molar-refractivity contribution < 1.29 is 22.7 Å². The van der Waals surface area contributed by atoms with Crippen LogP contribution < -0.4 is 10.1 Å². The Morgan fingerprint density at radius 2 is 1.94 bits per heavy atom. The third kappa shape index (κ3) is 4.42. The molecule has 0 aliphatic carbocycles. The van der Waals surface area contributed by atoms with E-state index in [2.05, 4.69) is 15.5 Å². The number of ether oxygens (including phenoxy) is 1. The van der Waals surface area contributed by atoms with Gasteiger partial charge in [0, 0.05) is 17.5 Å². The Morgan fingerprint density at radius 3 is 2.61 bits per heavy atom. The number of hydrogen-bond donors (Lipinski definition) is 1. The largest absolute Gasteiger partial charge is 0.471 e. The molecule has 0 aliphatic rings. The molecule has 0 saturated heterocycles. The van der Waals surface area contributed by atoms with Gasteiger partial charge in [-0.2, -0.15) is 23.4 Å². The first kappa shape index (κ1) is 23.1. The summed E-state index contributed by atoms with van der Waals surface area (Å²) in [6.07, 6.45) is -4.61. The van der Waals surface area contributed by atoms with E-state index >= 15 is 0 Å². The molecule has 0 radical (unpaired) electrons. The predicted octanol–water partition coefficient (Wildman–Crippen LogP) is 5.72. The molecule has 0 atom stereocenters. The SMILES string of the molecule is Cc1cc(OCn2nc(C)c(NC(=O)c3cc4c(C(F)(F)F)nn(C)c4s3)c2C)ccc1Cl. The van der Waals surface area contributed by atoms with E-state index in [0.717, 1.165) is 21.6 Å². The molecule has 0 unspecified atom stereocenters. The molecular formula is C21H19ClF3N5O2S. The van der Waals surface area contributed by atoms with Crippen LogP contribution in [0.5, 0.6) is 5.75 Å². The maximum atomic E-state index is 13.2. The van der Waals surface area contributed by atoms with Crippen molar-refractivity contribution in [2.45, 2.75) is 33.7 Å². The van der Waals surface area contributed by atoms with Crippen molar-refractivity contribution >= 4 is 44.7 Å². The van der Waals surface area contributed by atoms with Crippen LogP contribution in [0, 0.1) is 20.8 Å². The van der Waals surface area contributed by atoms with Crippen molar-refractivity contribution in [2.75, 3.05) is 5.32 Å². The highest BCUT2D eigenvalue weighted by atomic mass is 35.5. The Bertz CT molecular complexity index is 1370. The normalized spacial score (nSPS) is 11.9. The molecule has 1 N–H and O–H groups in total. The maximum absolute atomic E-state index is 13.2. The fourth-order valence-electron chi connectivity index (χ4n) is 3.38. The number of nitrogens with zero attached hydrogens (tertiary/aromatic N) is 4. The minimum atomic E-state index is -4.61. The van der Waals surface area contributed by atoms with Gasteiger partial charge in [-0.3, -0.25) is 9.48 Å². The number of halogens is 4. The first-order valence-corrected chi connectivity index (χ1v) is 10.9. The lowest BCUT2D eigenvalue weighted by molar-refractivity contribution is -0.140. The molecular weight excluding hydrogens is 479 g/mol. The van der Waals surface area contributed by atoms with E-state index < -0.39 is 17.8 Å². The summed E-state index contributed by atoms with van der Waals surface area (Å²) in [5, 5.41) is 11.2. The molecule has 3 aromatic heterocycles. The molecule has 0 spiro atoms. The Balaban J connectivity index is 1.54. The van der Waals surface area contributed by atoms with Crippen molar-refractivity contribution in [3.8, 4) is 5.75 Å². The highest BCUT2D eigenvalue weighted by Crippen LogP contribution is 2.37. The number of carbonyl (C=O) groups is 1. The molecule has 174 valence electrons. The van der Waals surface area contributed by atoms with E-state index in [-0.39, 0.29) is 21.8 Å². The number of hydrogen-bond acceptors (Lipinski definition) is 5. The highest BCUT2D eigenvalue weighted by molar-refractivity contribution is 7.20. The standard InChI is InChI=1S/C21H19ClF3N5O2S/c1-10-7-13(5-6-15(10)22)32-9-30-12(3)17(11(2)27-30)26-19(31)16-8-14-18(21(23,24)25)28-29(4)20(14)33-16/h5-8H,9H2,1-4H3,(H,26,31). The van der Waals surface area contributed by atoms with Gasteiger partial charge in [0.05, 0.1) is 22.0 Å². The van der Waals surface area contributed by atoms with E-state index in [9.17, 15) is 18.0 Å². The van der Waals surface area contributed by atoms with Crippen LogP contribution >= 0.6 is 22.9 Å². The number of fused-ring (bicyclic) bond motifs is 1. The Labute approximate surface area is 195 Å². The molecule has 12 heteroatoms. The lowest BCUT2D eigenvalue weighted by Gasteiger charge is -2.10. The predicted molar refractivity (Wildman–Crippen MR) is 120 cm³/mol. The zero-order chi connectivity index (χ0) is 24.1. The molecule has 33 heavy (non-hydrogen) atoms. The number of amides is 1. The Hall–Kier alpha value is -3.05. The van der Waals surface area contributed by atoms with E-state index in [0.29, 0.717) is 27.8 Å². The smallest absolute Gasteiger partial charge is 0.435 e. The van der Waals surface area contributed by atoms with Crippen LogP contribution in [0.3, 0.4) is 0 Å². The van der Waals surface area contributed by atoms with E-state index in [4.69, 9.17) is 16.3 Å². The average molecular weight is 498 g/mol. The first-order chi connectivity index (χ1) is 15.5. The second kappa shape index (κ2) is 8.38. The van der Waals surface area contributed by atoms with Gasteiger partial charge >= 0.3 is 6.18 Å².